The first-order valence-corrected chi connectivity index (χ1v) is 13.3. The van der Waals surface area contributed by atoms with Crippen molar-refractivity contribution in [1.82, 2.24) is 9.21 Å². The highest BCUT2D eigenvalue weighted by atomic mass is 35.5. The van der Waals surface area contributed by atoms with E-state index in [2.05, 4.69) is 5.32 Å². The van der Waals surface area contributed by atoms with Crippen molar-refractivity contribution in [2.75, 3.05) is 45.7 Å². The number of carbonyl (C=O) groups is 1. The molecule has 1 aromatic heterocycles. The number of thiocarbonyl (C=S) groups is 1. The number of rotatable bonds is 5. The van der Waals surface area contributed by atoms with Gasteiger partial charge < -0.3 is 19.7 Å². The van der Waals surface area contributed by atoms with Gasteiger partial charge >= 0.3 is 5.97 Å². The summed E-state index contributed by atoms with van der Waals surface area (Å²) in [6.07, 6.45) is 0. The highest BCUT2D eigenvalue weighted by molar-refractivity contribution is 7.89. The number of fused-ring (bicyclic) bond motifs is 1. The first kappa shape index (κ1) is 24.7. The molecule has 1 N–H and O–H groups in total. The van der Waals surface area contributed by atoms with Crippen LogP contribution in [-0.4, -0.2) is 69.1 Å². The van der Waals surface area contributed by atoms with Gasteiger partial charge in [0.05, 0.1) is 24.1 Å². The number of benzene rings is 2. The van der Waals surface area contributed by atoms with Gasteiger partial charge in [-0.3, -0.25) is 0 Å². The van der Waals surface area contributed by atoms with Gasteiger partial charge in [-0.2, -0.15) is 4.31 Å². The van der Waals surface area contributed by atoms with Crippen LogP contribution in [-0.2, 0) is 14.8 Å². The van der Waals surface area contributed by atoms with Crippen molar-refractivity contribution in [3.63, 3.8) is 0 Å². The maximum Gasteiger partial charge on any atom is 0.349 e. The zero-order valence-corrected chi connectivity index (χ0v) is 21.6. The van der Waals surface area contributed by atoms with E-state index in [0.717, 1.165) is 15.8 Å². The fourth-order valence-electron chi connectivity index (χ4n) is 3.60. The van der Waals surface area contributed by atoms with Crippen LogP contribution in [0.1, 0.15) is 9.67 Å². The van der Waals surface area contributed by atoms with E-state index < -0.39 is 16.0 Å². The van der Waals surface area contributed by atoms with E-state index in [9.17, 15) is 13.2 Å². The number of piperazine rings is 1. The summed E-state index contributed by atoms with van der Waals surface area (Å²) in [7, 11) is -0.741. The van der Waals surface area contributed by atoms with E-state index in [1.807, 2.05) is 23.1 Å². The Labute approximate surface area is 212 Å². The summed E-state index contributed by atoms with van der Waals surface area (Å²) in [5, 5.41) is 4.83. The highest BCUT2D eigenvalue weighted by Gasteiger charge is 2.29. The number of methoxy groups -OCH3 is 2. The van der Waals surface area contributed by atoms with Crippen LogP contribution in [0.5, 0.6) is 5.75 Å². The minimum atomic E-state index is -3.59. The number of carbonyl (C=O) groups excluding carboxylic acids is 1. The second-order valence-corrected chi connectivity index (χ2v) is 11.2. The average molecular weight is 540 g/mol. The van der Waals surface area contributed by atoms with E-state index in [4.69, 9.17) is 33.3 Å². The summed E-state index contributed by atoms with van der Waals surface area (Å²) in [6.45, 7) is 1.55. The van der Waals surface area contributed by atoms with Crippen molar-refractivity contribution < 1.29 is 22.7 Å². The molecule has 1 fully saturated rings. The van der Waals surface area contributed by atoms with Gasteiger partial charge in [0.2, 0.25) is 10.0 Å². The summed E-state index contributed by atoms with van der Waals surface area (Å²) in [4.78, 5) is 14.4. The quantitative estimate of drug-likeness (QED) is 0.384. The molecule has 1 aliphatic rings. The molecular formula is C22H22ClN3O5S3. The topological polar surface area (TPSA) is 88.2 Å². The number of hydrogen-bond donors (Lipinski definition) is 1. The summed E-state index contributed by atoms with van der Waals surface area (Å²) in [6, 6.07) is 11.9. The molecule has 0 radical (unpaired) electrons. The summed E-state index contributed by atoms with van der Waals surface area (Å²) in [5.74, 6) is 0.128. The standard InChI is InChI=1S/C22H22ClN3O5S3/c1-30-15-4-6-16(7-5-15)34(28,29)26-11-9-25(10-12-26)22(32)24-14-3-8-17-18(13-14)33-20(19(17)23)21(27)31-2/h3-8,13H,9-12H2,1-2H3,(H,24,32). The third-order valence-electron chi connectivity index (χ3n) is 5.47. The van der Waals surface area contributed by atoms with E-state index in [1.54, 1.807) is 24.3 Å². The molecule has 180 valence electrons. The fraction of sp³-hybridized carbons (Fsp3) is 0.273. The smallest absolute Gasteiger partial charge is 0.349 e. The van der Waals surface area contributed by atoms with Gasteiger partial charge in [-0.25, -0.2) is 13.2 Å². The predicted octanol–water partition coefficient (Wildman–Crippen LogP) is 4.05. The molecule has 3 aromatic rings. The fourth-order valence-corrected chi connectivity index (χ4v) is 6.79. The molecule has 2 aromatic carbocycles. The zero-order chi connectivity index (χ0) is 24.5. The number of ether oxygens (including phenoxy) is 2. The molecule has 34 heavy (non-hydrogen) atoms. The Morgan fingerprint density at radius 1 is 1.09 bits per heavy atom. The van der Waals surface area contributed by atoms with E-state index >= 15 is 0 Å². The molecule has 4 rings (SSSR count). The number of sulfonamides is 1. The van der Waals surface area contributed by atoms with Gasteiger partial charge in [0.1, 0.15) is 10.6 Å². The second-order valence-electron chi connectivity index (χ2n) is 7.44. The molecule has 0 aliphatic carbocycles. The Balaban J connectivity index is 1.40. The minimum absolute atomic E-state index is 0.233. The molecule has 1 aliphatic heterocycles. The lowest BCUT2D eigenvalue weighted by atomic mass is 10.2. The third-order valence-corrected chi connectivity index (χ3v) is 9.38. The van der Waals surface area contributed by atoms with Crippen LogP contribution in [0.3, 0.4) is 0 Å². The predicted molar refractivity (Wildman–Crippen MR) is 138 cm³/mol. The number of anilines is 1. The van der Waals surface area contributed by atoms with Gasteiger partial charge in [-0.1, -0.05) is 11.6 Å². The number of halogens is 1. The van der Waals surface area contributed by atoms with Gasteiger partial charge in [0.15, 0.2) is 5.11 Å². The molecule has 0 bridgehead atoms. The molecule has 0 spiro atoms. The summed E-state index contributed by atoms with van der Waals surface area (Å²) in [5.41, 5.74) is 0.750. The van der Waals surface area contributed by atoms with Gasteiger partial charge in [-0.05, 0) is 54.7 Å². The lowest BCUT2D eigenvalue weighted by Crippen LogP contribution is -2.51. The monoisotopic (exact) mass is 539 g/mol. The van der Waals surface area contributed by atoms with Crippen molar-refractivity contribution in [3.8, 4) is 5.75 Å². The molecule has 8 nitrogen and oxygen atoms in total. The van der Waals surface area contributed by atoms with E-state index in [1.165, 1.54) is 29.9 Å². The van der Waals surface area contributed by atoms with Crippen LogP contribution in [0.25, 0.3) is 10.1 Å². The van der Waals surface area contributed by atoms with Crippen molar-refractivity contribution in [1.29, 1.82) is 0 Å². The van der Waals surface area contributed by atoms with Crippen molar-refractivity contribution in [2.45, 2.75) is 4.90 Å². The van der Waals surface area contributed by atoms with Crippen LogP contribution < -0.4 is 10.1 Å². The normalized spacial score (nSPS) is 14.7. The van der Waals surface area contributed by atoms with Crippen LogP contribution in [0, 0.1) is 0 Å². The molecule has 0 atom stereocenters. The molecule has 0 amide bonds. The molecule has 2 heterocycles. The van der Waals surface area contributed by atoms with Crippen LogP contribution in [0.4, 0.5) is 5.69 Å². The van der Waals surface area contributed by atoms with Crippen LogP contribution >= 0.6 is 35.2 Å². The Morgan fingerprint density at radius 2 is 1.76 bits per heavy atom. The van der Waals surface area contributed by atoms with Gasteiger partial charge in [-0.15, -0.1) is 11.3 Å². The molecule has 0 saturated carbocycles. The molecular weight excluding hydrogens is 518 g/mol. The van der Waals surface area contributed by atoms with Crippen molar-refractivity contribution in [3.05, 3.63) is 52.4 Å². The van der Waals surface area contributed by atoms with Crippen LogP contribution in [0.2, 0.25) is 5.02 Å². The Kier molecular flexibility index (Phi) is 7.29. The minimum Gasteiger partial charge on any atom is -0.497 e. The Hall–Kier alpha value is -2.44. The van der Waals surface area contributed by atoms with E-state index in [-0.39, 0.29) is 4.90 Å². The molecule has 1 saturated heterocycles. The number of nitrogens with zero attached hydrogens (tertiary/aromatic N) is 2. The summed E-state index contributed by atoms with van der Waals surface area (Å²) < 4.78 is 38.1. The van der Waals surface area contributed by atoms with E-state index in [0.29, 0.717) is 46.9 Å². The zero-order valence-electron chi connectivity index (χ0n) is 18.4. The van der Waals surface area contributed by atoms with Gasteiger partial charge in [0.25, 0.3) is 0 Å². The lowest BCUT2D eigenvalue weighted by molar-refractivity contribution is 0.0606. The second kappa shape index (κ2) is 10.0. The first-order chi connectivity index (χ1) is 16.2. The molecule has 0 unspecified atom stereocenters. The average Bonchev–Trinajstić information content (AvgIpc) is 3.19. The largest absolute Gasteiger partial charge is 0.497 e. The maximum absolute atomic E-state index is 13.0. The maximum atomic E-state index is 13.0. The number of nitrogens with one attached hydrogen (secondary N) is 1. The van der Waals surface area contributed by atoms with Crippen molar-refractivity contribution in [2.24, 2.45) is 0 Å². The van der Waals surface area contributed by atoms with Gasteiger partial charge in [0, 0.05) is 42.0 Å². The SMILES string of the molecule is COC(=O)c1sc2cc(NC(=S)N3CCN(S(=O)(=O)c4ccc(OC)cc4)CC3)ccc2c1Cl. The number of esters is 1. The lowest BCUT2D eigenvalue weighted by Gasteiger charge is -2.35. The van der Waals surface area contributed by atoms with Crippen LogP contribution in [0.15, 0.2) is 47.4 Å². The number of hydrogen-bond acceptors (Lipinski definition) is 7. The highest BCUT2D eigenvalue weighted by Crippen LogP contribution is 2.37. The third kappa shape index (κ3) is 4.84. The Bertz CT molecular complexity index is 1330. The molecule has 12 heteroatoms. The summed E-state index contributed by atoms with van der Waals surface area (Å²) >= 11 is 13.1. The first-order valence-electron chi connectivity index (χ1n) is 10.2. The number of thiophene rings is 1. The Morgan fingerprint density at radius 3 is 2.38 bits per heavy atom. The van der Waals surface area contributed by atoms with Crippen molar-refractivity contribution >= 4 is 72.0 Å².